The fourth-order valence-corrected chi connectivity index (χ4v) is 6.82. The molecule has 2 aromatic heterocycles. The smallest absolute Gasteiger partial charge is 0.245 e. The summed E-state index contributed by atoms with van der Waals surface area (Å²) in [5.41, 5.74) is 4.97. The van der Waals surface area contributed by atoms with Gasteiger partial charge in [0, 0.05) is 55.3 Å². The molecule has 1 aromatic carbocycles. The van der Waals surface area contributed by atoms with Crippen LogP contribution >= 0.6 is 11.6 Å². The quantitative estimate of drug-likeness (QED) is 0.527. The summed E-state index contributed by atoms with van der Waals surface area (Å²) < 4.78 is 2.15. The van der Waals surface area contributed by atoms with E-state index < -0.39 is 0 Å². The number of carbonyl (C=O) groups excluding carboxylic acids is 2. The SMILES string of the molecule is C=CC(=O)N1CCC(n2nc(N3C[C@@H]4C[C@H]3CN4C(C)=O)c(-c3c(Cl)c(C)cc4[nH]ncc34)c2C)CC1. The first-order valence-electron chi connectivity index (χ1n) is 12.9. The molecule has 6 rings (SSSR count). The van der Waals surface area contributed by atoms with Crippen LogP contribution in [0.2, 0.25) is 5.02 Å². The van der Waals surface area contributed by atoms with Crippen LogP contribution in [0.4, 0.5) is 5.82 Å². The van der Waals surface area contributed by atoms with E-state index in [9.17, 15) is 9.59 Å². The van der Waals surface area contributed by atoms with Gasteiger partial charge in [0.25, 0.3) is 0 Å². The average molecular weight is 522 g/mol. The van der Waals surface area contributed by atoms with Gasteiger partial charge in [0.15, 0.2) is 5.82 Å². The molecule has 2 bridgehead atoms. The number of aromatic nitrogens is 4. The number of amides is 2. The van der Waals surface area contributed by atoms with Crippen LogP contribution in [-0.4, -0.2) is 79.9 Å². The van der Waals surface area contributed by atoms with E-state index in [1.54, 1.807) is 6.92 Å². The van der Waals surface area contributed by atoms with Gasteiger partial charge in [-0.25, -0.2) is 0 Å². The van der Waals surface area contributed by atoms with Gasteiger partial charge >= 0.3 is 0 Å². The van der Waals surface area contributed by atoms with Gasteiger partial charge in [-0.2, -0.15) is 10.2 Å². The average Bonchev–Trinajstić information content (AvgIpc) is 3.68. The molecule has 194 valence electrons. The summed E-state index contributed by atoms with van der Waals surface area (Å²) >= 11 is 7.02. The largest absolute Gasteiger partial charge is 0.348 e. The number of halogens is 1. The van der Waals surface area contributed by atoms with E-state index >= 15 is 0 Å². The number of aromatic amines is 1. The van der Waals surface area contributed by atoms with E-state index in [4.69, 9.17) is 16.7 Å². The highest BCUT2D eigenvalue weighted by atomic mass is 35.5. The molecule has 2 atom stereocenters. The third kappa shape index (κ3) is 3.74. The number of carbonyl (C=O) groups is 2. The van der Waals surface area contributed by atoms with E-state index in [1.165, 1.54) is 6.08 Å². The number of piperazine rings is 1. The first-order chi connectivity index (χ1) is 17.8. The van der Waals surface area contributed by atoms with Crippen LogP contribution in [0.3, 0.4) is 0 Å². The number of hydrogen-bond donors (Lipinski definition) is 1. The van der Waals surface area contributed by atoms with Crippen molar-refractivity contribution in [2.24, 2.45) is 0 Å². The van der Waals surface area contributed by atoms with Gasteiger partial charge in [0.05, 0.1) is 34.9 Å². The van der Waals surface area contributed by atoms with E-state index in [0.717, 1.165) is 71.5 Å². The number of hydrogen-bond acceptors (Lipinski definition) is 5. The summed E-state index contributed by atoms with van der Waals surface area (Å²) in [7, 11) is 0. The number of anilines is 1. The Kier molecular flexibility index (Phi) is 5.78. The van der Waals surface area contributed by atoms with Crippen molar-refractivity contribution < 1.29 is 9.59 Å². The van der Waals surface area contributed by atoms with Gasteiger partial charge in [0.1, 0.15) is 0 Å². The minimum atomic E-state index is -0.0194. The monoisotopic (exact) mass is 521 g/mol. The fourth-order valence-electron chi connectivity index (χ4n) is 6.57. The Balaban J connectivity index is 1.46. The molecule has 2 amide bonds. The number of piperidine rings is 1. The Hall–Kier alpha value is -3.33. The second-order valence-electron chi connectivity index (χ2n) is 10.6. The molecule has 5 heterocycles. The van der Waals surface area contributed by atoms with Crippen molar-refractivity contribution in [2.45, 2.75) is 58.2 Å². The number of benzene rings is 1. The van der Waals surface area contributed by atoms with E-state index in [0.29, 0.717) is 18.1 Å². The molecule has 3 fully saturated rings. The summed E-state index contributed by atoms with van der Waals surface area (Å²) in [5.74, 6) is 1.04. The van der Waals surface area contributed by atoms with Crippen molar-refractivity contribution in [3.63, 3.8) is 0 Å². The summed E-state index contributed by atoms with van der Waals surface area (Å²) in [5, 5.41) is 14.4. The molecule has 37 heavy (non-hydrogen) atoms. The zero-order chi connectivity index (χ0) is 26.0. The molecule has 0 aliphatic carbocycles. The normalized spacial score (nSPS) is 21.9. The summed E-state index contributed by atoms with van der Waals surface area (Å²) in [4.78, 5) is 30.5. The maximum absolute atomic E-state index is 12.2. The van der Waals surface area contributed by atoms with Crippen LogP contribution in [0.5, 0.6) is 0 Å². The molecule has 0 saturated carbocycles. The molecule has 0 unspecified atom stereocenters. The summed E-state index contributed by atoms with van der Waals surface area (Å²) in [6.07, 6.45) is 5.83. The Morgan fingerprint density at radius 2 is 1.89 bits per heavy atom. The molecular formula is C27H32ClN7O2. The van der Waals surface area contributed by atoms with Crippen LogP contribution in [0.15, 0.2) is 24.9 Å². The number of nitrogens with one attached hydrogen (secondary N) is 1. The minimum absolute atomic E-state index is 0.0194. The van der Waals surface area contributed by atoms with Gasteiger partial charge in [-0.3, -0.25) is 19.4 Å². The molecule has 3 aliphatic heterocycles. The zero-order valence-electron chi connectivity index (χ0n) is 21.5. The maximum Gasteiger partial charge on any atom is 0.245 e. The van der Waals surface area contributed by atoms with Gasteiger partial charge in [0.2, 0.25) is 11.8 Å². The third-order valence-electron chi connectivity index (χ3n) is 8.46. The number of rotatable bonds is 4. The minimum Gasteiger partial charge on any atom is -0.348 e. The topological polar surface area (TPSA) is 90.4 Å². The van der Waals surface area contributed by atoms with Gasteiger partial charge < -0.3 is 14.7 Å². The van der Waals surface area contributed by atoms with E-state index in [2.05, 4.69) is 33.3 Å². The van der Waals surface area contributed by atoms with Crippen molar-refractivity contribution in [1.82, 2.24) is 29.8 Å². The third-order valence-corrected chi connectivity index (χ3v) is 8.95. The Bertz CT molecular complexity index is 1420. The predicted molar refractivity (Wildman–Crippen MR) is 144 cm³/mol. The van der Waals surface area contributed by atoms with Crippen molar-refractivity contribution in [2.75, 3.05) is 31.1 Å². The lowest BCUT2D eigenvalue weighted by Crippen LogP contribution is -2.48. The molecule has 3 saturated heterocycles. The Morgan fingerprint density at radius 1 is 1.14 bits per heavy atom. The zero-order valence-corrected chi connectivity index (χ0v) is 22.3. The first-order valence-corrected chi connectivity index (χ1v) is 13.3. The molecule has 3 aromatic rings. The first kappa shape index (κ1) is 24.0. The molecular weight excluding hydrogens is 490 g/mol. The van der Waals surface area contributed by atoms with Crippen molar-refractivity contribution in [1.29, 1.82) is 0 Å². The molecule has 1 N–H and O–H groups in total. The van der Waals surface area contributed by atoms with Crippen LogP contribution < -0.4 is 4.90 Å². The van der Waals surface area contributed by atoms with E-state index in [1.807, 2.05) is 29.0 Å². The van der Waals surface area contributed by atoms with Crippen molar-refractivity contribution >= 4 is 40.1 Å². The van der Waals surface area contributed by atoms with Gasteiger partial charge in [-0.15, -0.1) is 0 Å². The van der Waals surface area contributed by atoms with Crippen LogP contribution in [0, 0.1) is 13.8 Å². The van der Waals surface area contributed by atoms with Crippen LogP contribution in [-0.2, 0) is 9.59 Å². The van der Waals surface area contributed by atoms with Crippen LogP contribution in [0.25, 0.3) is 22.0 Å². The Morgan fingerprint density at radius 3 is 2.54 bits per heavy atom. The predicted octanol–water partition coefficient (Wildman–Crippen LogP) is 3.86. The number of H-pyrrole nitrogens is 1. The van der Waals surface area contributed by atoms with Crippen molar-refractivity contribution in [3.8, 4) is 11.1 Å². The maximum atomic E-state index is 12.2. The molecule has 0 spiro atoms. The van der Waals surface area contributed by atoms with Crippen LogP contribution in [0.1, 0.15) is 43.5 Å². The number of fused-ring (bicyclic) bond motifs is 3. The number of likely N-dealkylation sites (tertiary alicyclic amines) is 2. The lowest BCUT2D eigenvalue weighted by atomic mass is 9.98. The number of nitrogens with zero attached hydrogens (tertiary/aromatic N) is 6. The lowest BCUT2D eigenvalue weighted by Gasteiger charge is -2.34. The second kappa shape index (κ2) is 8.90. The highest BCUT2D eigenvalue weighted by molar-refractivity contribution is 6.36. The summed E-state index contributed by atoms with van der Waals surface area (Å²) in [6, 6.07) is 2.64. The standard InChI is InChI=1S/C27H32ClN7O2/c1-5-23(37)32-8-6-18(7-9-32)35-16(3)24(25-21-12-29-30-22(21)10-15(2)26(25)28)27(31-35)34-14-19-11-20(34)13-33(19)17(4)36/h5,10,12,18-20H,1,6-9,11,13-14H2,2-4H3,(H,29,30)/t19-,20-/m0/s1. The highest BCUT2D eigenvalue weighted by Gasteiger charge is 2.46. The molecule has 3 aliphatic rings. The van der Waals surface area contributed by atoms with Gasteiger partial charge in [-0.05, 0) is 50.8 Å². The van der Waals surface area contributed by atoms with E-state index in [-0.39, 0.29) is 29.9 Å². The highest BCUT2D eigenvalue weighted by Crippen LogP contribution is 2.46. The molecule has 10 heteroatoms. The Labute approximate surface area is 221 Å². The molecule has 0 radical (unpaired) electrons. The van der Waals surface area contributed by atoms with Crippen molar-refractivity contribution in [3.05, 3.63) is 41.2 Å². The second-order valence-corrected chi connectivity index (χ2v) is 10.9. The lowest BCUT2D eigenvalue weighted by molar-refractivity contribution is -0.130. The summed E-state index contributed by atoms with van der Waals surface area (Å²) in [6.45, 7) is 12.3. The van der Waals surface area contributed by atoms with Gasteiger partial charge in [-0.1, -0.05) is 18.2 Å². The fraction of sp³-hybridized carbons (Fsp3) is 0.481. The number of aryl methyl sites for hydroxylation is 1. The molecule has 9 nitrogen and oxygen atoms in total.